The molecule has 2 aromatic rings. The Kier molecular flexibility index (Phi) is 4.75. The number of fused-ring (bicyclic) bond motifs is 1. The summed E-state index contributed by atoms with van der Waals surface area (Å²) in [4.78, 5) is 40.4. The zero-order chi connectivity index (χ0) is 18.8. The number of carbonyl (C=O) groups is 3. The summed E-state index contributed by atoms with van der Waals surface area (Å²) in [6.07, 6.45) is 0. The van der Waals surface area contributed by atoms with Crippen molar-refractivity contribution >= 4 is 23.4 Å². The normalized spacial score (nSPS) is 13.0. The largest absolute Gasteiger partial charge is 0.494 e. The smallest absolute Gasteiger partial charge is 0.266 e. The molecule has 0 aliphatic carbocycles. The van der Waals surface area contributed by atoms with E-state index in [1.54, 1.807) is 48.3 Å². The van der Waals surface area contributed by atoms with Crippen LogP contribution in [0.2, 0.25) is 0 Å². The molecule has 3 rings (SSSR count). The van der Waals surface area contributed by atoms with Crippen LogP contribution in [-0.2, 0) is 0 Å². The molecule has 1 heterocycles. The lowest BCUT2D eigenvalue weighted by atomic mass is 10.1. The van der Waals surface area contributed by atoms with Gasteiger partial charge >= 0.3 is 0 Å². The van der Waals surface area contributed by atoms with Gasteiger partial charge in [0.2, 0.25) is 0 Å². The first-order valence-electron chi connectivity index (χ1n) is 8.49. The molecule has 0 saturated carbocycles. The van der Waals surface area contributed by atoms with Gasteiger partial charge in [-0.2, -0.15) is 0 Å². The van der Waals surface area contributed by atoms with Gasteiger partial charge in [-0.3, -0.25) is 14.4 Å². The van der Waals surface area contributed by atoms with Crippen molar-refractivity contribution in [1.82, 2.24) is 4.90 Å². The minimum atomic E-state index is -0.428. The summed E-state index contributed by atoms with van der Waals surface area (Å²) in [6.45, 7) is 4.84. The predicted octanol–water partition coefficient (Wildman–Crippen LogP) is 2.98. The van der Waals surface area contributed by atoms with Crippen LogP contribution in [0.1, 0.15) is 44.9 Å². The summed E-state index contributed by atoms with van der Waals surface area (Å²) < 4.78 is 5.38. The molecular weight excluding hydrogens is 332 g/mol. The van der Waals surface area contributed by atoms with Crippen LogP contribution in [0.25, 0.3) is 0 Å². The molecule has 6 nitrogen and oxygen atoms in total. The second kappa shape index (κ2) is 7.00. The molecule has 0 unspecified atom stereocenters. The Labute approximate surface area is 152 Å². The van der Waals surface area contributed by atoms with Crippen LogP contribution in [0.4, 0.5) is 5.69 Å². The second-order valence-corrected chi connectivity index (χ2v) is 5.95. The average Bonchev–Trinajstić information content (AvgIpc) is 2.91. The molecule has 26 heavy (non-hydrogen) atoms. The molecule has 6 heteroatoms. The van der Waals surface area contributed by atoms with Crippen molar-refractivity contribution in [2.45, 2.75) is 13.8 Å². The molecule has 2 aromatic carbocycles. The number of rotatable bonds is 5. The first kappa shape index (κ1) is 17.7. The first-order valence-corrected chi connectivity index (χ1v) is 8.49. The Morgan fingerprint density at radius 3 is 2.27 bits per heavy atom. The Hall–Kier alpha value is -3.15. The van der Waals surface area contributed by atoms with Crippen LogP contribution in [-0.4, -0.2) is 42.8 Å². The highest BCUT2D eigenvalue weighted by atomic mass is 16.5. The number of imide groups is 1. The van der Waals surface area contributed by atoms with Gasteiger partial charge in [-0.05, 0) is 56.3 Å². The third kappa shape index (κ3) is 2.94. The Balaban J connectivity index is 1.93. The monoisotopic (exact) mass is 352 g/mol. The summed E-state index contributed by atoms with van der Waals surface area (Å²) in [7, 11) is 1.69. The van der Waals surface area contributed by atoms with E-state index in [-0.39, 0.29) is 11.5 Å². The Morgan fingerprint density at radius 1 is 1.00 bits per heavy atom. The predicted molar refractivity (Wildman–Crippen MR) is 97.8 cm³/mol. The number of anilines is 1. The van der Waals surface area contributed by atoms with Crippen LogP contribution in [0.5, 0.6) is 5.75 Å². The SMILES string of the molecule is CCOc1ccc(N2C(=O)c3ccc(C(=O)N(C)CC)cc3C2=O)cc1. The summed E-state index contributed by atoms with van der Waals surface area (Å²) in [5, 5.41) is 0. The number of hydrogen-bond acceptors (Lipinski definition) is 4. The van der Waals surface area contributed by atoms with Crippen molar-refractivity contribution in [3.63, 3.8) is 0 Å². The van der Waals surface area contributed by atoms with E-state index in [9.17, 15) is 14.4 Å². The Bertz CT molecular complexity index is 874. The van der Waals surface area contributed by atoms with Gasteiger partial charge in [0, 0.05) is 19.2 Å². The third-order valence-corrected chi connectivity index (χ3v) is 4.36. The first-order chi connectivity index (χ1) is 12.5. The standard InChI is InChI=1S/C20H20N2O4/c1-4-21(3)18(23)13-6-11-16-17(12-13)20(25)22(19(16)24)14-7-9-15(10-8-14)26-5-2/h6-12H,4-5H2,1-3H3. The average molecular weight is 352 g/mol. The van der Waals surface area contributed by atoms with Gasteiger partial charge in [0.25, 0.3) is 17.7 Å². The maximum absolute atomic E-state index is 12.8. The number of nitrogens with zero attached hydrogens (tertiary/aromatic N) is 2. The molecule has 0 spiro atoms. The van der Waals surface area contributed by atoms with Crippen molar-refractivity contribution in [1.29, 1.82) is 0 Å². The quantitative estimate of drug-likeness (QED) is 0.776. The summed E-state index contributed by atoms with van der Waals surface area (Å²) in [5.74, 6) is -0.335. The molecule has 1 aliphatic heterocycles. The van der Waals surface area contributed by atoms with Crippen molar-refractivity contribution in [3.05, 3.63) is 59.2 Å². The van der Waals surface area contributed by atoms with Crippen LogP contribution >= 0.6 is 0 Å². The van der Waals surface area contributed by atoms with E-state index in [1.165, 1.54) is 6.07 Å². The summed E-state index contributed by atoms with van der Waals surface area (Å²) in [5.41, 5.74) is 1.42. The number of hydrogen-bond donors (Lipinski definition) is 0. The van der Waals surface area contributed by atoms with Gasteiger partial charge in [0.1, 0.15) is 5.75 Å². The topological polar surface area (TPSA) is 66.9 Å². The number of carbonyl (C=O) groups excluding carboxylic acids is 3. The highest BCUT2D eigenvalue weighted by molar-refractivity contribution is 6.34. The molecule has 3 amide bonds. The molecule has 0 atom stereocenters. The van der Waals surface area contributed by atoms with Crippen molar-refractivity contribution in [2.75, 3.05) is 25.1 Å². The fourth-order valence-corrected chi connectivity index (χ4v) is 2.83. The van der Waals surface area contributed by atoms with Crippen LogP contribution in [0.3, 0.4) is 0 Å². The zero-order valence-corrected chi connectivity index (χ0v) is 15.0. The number of benzene rings is 2. The lowest BCUT2D eigenvalue weighted by Crippen LogP contribution is -2.29. The lowest BCUT2D eigenvalue weighted by molar-refractivity contribution is 0.0801. The van der Waals surface area contributed by atoms with E-state index < -0.39 is 11.8 Å². The molecule has 0 fully saturated rings. The number of amides is 3. The van der Waals surface area contributed by atoms with Crippen LogP contribution < -0.4 is 9.64 Å². The van der Waals surface area contributed by atoms with E-state index in [0.29, 0.717) is 35.7 Å². The minimum Gasteiger partial charge on any atom is -0.494 e. The van der Waals surface area contributed by atoms with Gasteiger partial charge in [0.15, 0.2) is 0 Å². The molecule has 0 N–H and O–H groups in total. The number of ether oxygens (including phenoxy) is 1. The lowest BCUT2D eigenvalue weighted by Gasteiger charge is -2.15. The van der Waals surface area contributed by atoms with E-state index >= 15 is 0 Å². The second-order valence-electron chi connectivity index (χ2n) is 5.95. The van der Waals surface area contributed by atoms with Crippen LogP contribution in [0, 0.1) is 0 Å². The van der Waals surface area contributed by atoms with E-state index in [2.05, 4.69) is 0 Å². The molecule has 0 bridgehead atoms. The van der Waals surface area contributed by atoms with Crippen LogP contribution in [0.15, 0.2) is 42.5 Å². The van der Waals surface area contributed by atoms with Crippen molar-refractivity contribution < 1.29 is 19.1 Å². The highest BCUT2D eigenvalue weighted by Gasteiger charge is 2.37. The van der Waals surface area contributed by atoms with Crippen molar-refractivity contribution in [2.24, 2.45) is 0 Å². The maximum Gasteiger partial charge on any atom is 0.266 e. The summed E-state index contributed by atoms with van der Waals surface area (Å²) >= 11 is 0. The molecule has 0 aromatic heterocycles. The minimum absolute atomic E-state index is 0.185. The van der Waals surface area contributed by atoms with Gasteiger partial charge in [-0.1, -0.05) is 0 Å². The Morgan fingerprint density at radius 2 is 1.65 bits per heavy atom. The van der Waals surface area contributed by atoms with Crippen molar-refractivity contribution in [3.8, 4) is 5.75 Å². The van der Waals surface area contributed by atoms with E-state index in [4.69, 9.17) is 4.74 Å². The molecule has 0 saturated heterocycles. The molecule has 1 aliphatic rings. The summed E-state index contributed by atoms with van der Waals surface area (Å²) in [6, 6.07) is 11.4. The molecule has 0 radical (unpaired) electrons. The zero-order valence-electron chi connectivity index (χ0n) is 15.0. The third-order valence-electron chi connectivity index (χ3n) is 4.36. The molecule has 134 valence electrons. The van der Waals surface area contributed by atoms with E-state index in [1.807, 2.05) is 13.8 Å². The highest BCUT2D eigenvalue weighted by Crippen LogP contribution is 2.30. The van der Waals surface area contributed by atoms with Gasteiger partial charge in [0.05, 0.1) is 23.4 Å². The van der Waals surface area contributed by atoms with Gasteiger partial charge < -0.3 is 9.64 Å². The fraction of sp³-hybridized carbons (Fsp3) is 0.250. The van der Waals surface area contributed by atoms with E-state index in [0.717, 1.165) is 4.90 Å². The maximum atomic E-state index is 12.8. The van der Waals surface area contributed by atoms with Gasteiger partial charge in [-0.25, -0.2) is 4.90 Å². The molecular formula is C20H20N2O4. The van der Waals surface area contributed by atoms with Gasteiger partial charge in [-0.15, -0.1) is 0 Å². The fourth-order valence-electron chi connectivity index (χ4n) is 2.83.